The summed E-state index contributed by atoms with van der Waals surface area (Å²) in [6.45, 7) is 2.15. The summed E-state index contributed by atoms with van der Waals surface area (Å²) in [5.74, 6) is 0.606. The molecule has 37 heavy (non-hydrogen) atoms. The van der Waals surface area contributed by atoms with Gasteiger partial charge in [0, 0.05) is 34.8 Å². The van der Waals surface area contributed by atoms with Crippen LogP contribution >= 0.6 is 0 Å². The molecule has 0 radical (unpaired) electrons. The monoisotopic (exact) mass is 483 g/mol. The summed E-state index contributed by atoms with van der Waals surface area (Å²) in [4.78, 5) is 23.4. The van der Waals surface area contributed by atoms with E-state index in [0.717, 1.165) is 44.6 Å². The number of hydrogen-bond donors (Lipinski definition) is 1. The average Bonchev–Trinajstić information content (AvgIpc) is 2.94. The van der Waals surface area contributed by atoms with Gasteiger partial charge in [0.2, 0.25) is 12.1 Å². The quantitative estimate of drug-likeness (QED) is 0.314. The molecule has 2 unspecified atom stereocenters. The van der Waals surface area contributed by atoms with Crippen LogP contribution in [0.15, 0.2) is 108 Å². The Hall–Kier alpha value is -4.64. The first-order chi connectivity index (χ1) is 18.2. The summed E-state index contributed by atoms with van der Waals surface area (Å²) in [5, 5.41) is 0. The van der Waals surface area contributed by atoms with Gasteiger partial charge in [0.1, 0.15) is 0 Å². The normalized spacial score (nSPS) is 17.5. The average molecular weight is 484 g/mol. The number of aromatic amines is 1. The summed E-state index contributed by atoms with van der Waals surface area (Å²) >= 11 is 0. The zero-order valence-electron chi connectivity index (χ0n) is 20.4. The first-order valence-corrected chi connectivity index (χ1v) is 12.6. The van der Waals surface area contributed by atoms with E-state index in [2.05, 4.69) is 53.2 Å². The molecule has 0 saturated heterocycles. The molecule has 2 aliphatic rings. The van der Waals surface area contributed by atoms with Crippen LogP contribution in [0.2, 0.25) is 0 Å². The third-order valence-electron chi connectivity index (χ3n) is 7.61. The molecule has 2 atom stereocenters. The van der Waals surface area contributed by atoms with Gasteiger partial charge >= 0.3 is 0 Å². The van der Waals surface area contributed by atoms with Gasteiger partial charge in [-0.05, 0) is 47.7 Å². The fourth-order valence-electron chi connectivity index (χ4n) is 5.90. The second-order valence-electron chi connectivity index (χ2n) is 9.60. The van der Waals surface area contributed by atoms with Crippen LogP contribution in [0.4, 0.5) is 5.69 Å². The SMILES string of the molecule is Cc1c(-c2ccccc2)cnc2c1C1Cc3c(-c4ccccc4)c[nH]c(=O)c3C(O2)N1c1ccccc1. The number of nitrogens with one attached hydrogen (secondary N) is 1. The molecule has 180 valence electrons. The van der Waals surface area contributed by atoms with Crippen molar-refractivity contribution < 1.29 is 4.74 Å². The first-order valence-electron chi connectivity index (χ1n) is 12.6. The molecule has 0 amide bonds. The van der Waals surface area contributed by atoms with Gasteiger partial charge in [0.15, 0.2) is 0 Å². The van der Waals surface area contributed by atoms with Crippen molar-refractivity contribution in [2.75, 3.05) is 4.90 Å². The topological polar surface area (TPSA) is 58.2 Å². The van der Waals surface area contributed by atoms with Crippen LogP contribution in [0.3, 0.4) is 0 Å². The summed E-state index contributed by atoms with van der Waals surface area (Å²) in [5.41, 5.74) is 9.13. The fourth-order valence-corrected chi connectivity index (χ4v) is 5.90. The lowest BCUT2D eigenvalue weighted by molar-refractivity contribution is 0.142. The van der Waals surface area contributed by atoms with E-state index in [0.29, 0.717) is 17.9 Å². The summed E-state index contributed by atoms with van der Waals surface area (Å²) < 4.78 is 6.63. The molecule has 2 bridgehead atoms. The molecule has 5 nitrogen and oxygen atoms in total. The van der Waals surface area contributed by atoms with Crippen LogP contribution in [-0.2, 0) is 6.42 Å². The Morgan fingerprint density at radius 2 is 1.46 bits per heavy atom. The van der Waals surface area contributed by atoms with Gasteiger partial charge in [-0.15, -0.1) is 0 Å². The lowest BCUT2D eigenvalue weighted by Crippen LogP contribution is -2.47. The molecule has 3 aromatic carbocycles. The third-order valence-corrected chi connectivity index (χ3v) is 7.61. The van der Waals surface area contributed by atoms with Crippen molar-refractivity contribution in [2.24, 2.45) is 0 Å². The van der Waals surface area contributed by atoms with Crippen molar-refractivity contribution in [3.05, 3.63) is 136 Å². The van der Waals surface area contributed by atoms with E-state index in [4.69, 9.17) is 9.72 Å². The number of H-pyrrole nitrogens is 1. The number of benzene rings is 3. The van der Waals surface area contributed by atoms with Crippen LogP contribution in [0.5, 0.6) is 5.88 Å². The van der Waals surface area contributed by atoms with E-state index in [1.165, 1.54) is 0 Å². The Kier molecular flexibility index (Phi) is 4.96. The predicted molar refractivity (Wildman–Crippen MR) is 146 cm³/mol. The second-order valence-corrected chi connectivity index (χ2v) is 9.60. The highest BCUT2D eigenvalue weighted by molar-refractivity contribution is 5.73. The predicted octanol–water partition coefficient (Wildman–Crippen LogP) is 6.61. The van der Waals surface area contributed by atoms with Crippen molar-refractivity contribution in [3.63, 3.8) is 0 Å². The highest BCUT2D eigenvalue weighted by atomic mass is 16.5. The zero-order valence-corrected chi connectivity index (χ0v) is 20.4. The van der Waals surface area contributed by atoms with Crippen molar-refractivity contribution >= 4 is 5.69 Å². The number of para-hydroxylation sites is 1. The van der Waals surface area contributed by atoms with Gasteiger partial charge in [0.25, 0.3) is 5.56 Å². The molecule has 7 rings (SSSR count). The van der Waals surface area contributed by atoms with Crippen LogP contribution < -0.4 is 15.2 Å². The largest absolute Gasteiger partial charge is 0.449 e. The number of rotatable bonds is 3. The van der Waals surface area contributed by atoms with E-state index >= 15 is 0 Å². The van der Waals surface area contributed by atoms with Crippen molar-refractivity contribution in [3.8, 4) is 28.1 Å². The molecule has 5 aromatic rings. The molecular weight excluding hydrogens is 458 g/mol. The van der Waals surface area contributed by atoms with Crippen molar-refractivity contribution in [2.45, 2.75) is 25.6 Å². The Morgan fingerprint density at radius 3 is 2.14 bits per heavy atom. The van der Waals surface area contributed by atoms with Gasteiger partial charge in [-0.1, -0.05) is 78.9 Å². The van der Waals surface area contributed by atoms with Crippen LogP contribution in [-0.4, -0.2) is 9.97 Å². The summed E-state index contributed by atoms with van der Waals surface area (Å²) in [6.07, 6.45) is 3.83. The minimum absolute atomic E-state index is 0.0379. The van der Waals surface area contributed by atoms with E-state index in [1.54, 1.807) is 0 Å². The van der Waals surface area contributed by atoms with E-state index in [1.807, 2.05) is 67.0 Å². The number of pyridine rings is 2. The molecule has 5 heteroatoms. The number of ether oxygens (including phenoxy) is 1. The Morgan fingerprint density at radius 1 is 0.838 bits per heavy atom. The molecule has 2 aliphatic heterocycles. The fraction of sp³-hybridized carbons (Fsp3) is 0.125. The smallest absolute Gasteiger partial charge is 0.257 e. The molecule has 0 spiro atoms. The van der Waals surface area contributed by atoms with Gasteiger partial charge in [-0.3, -0.25) is 4.79 Å². The molecule has 0 saturated carbocycles. The van der Waals surface area contributed by atoms with Gasteiger partial charge < -0.3 is 14.6 Å². The number of aromatic nitrogens is 2. The minimum Gasteiger partial charge on any atom is -0.449 e. The number of hydrogen-bond acceptors (Lipinski definition) is 4. The van der Waals surface area contributed by atoms with Crippen LogP contribution in [0, 0.1) is 6.92 Å². The lowest BCUT2D eigenvalue weighted by atomic mass is 9.82. The van der Waals surface area contributed by atoms with Gasteiger partial charge in [-0.2, -0.15) is 0 Å². The molecular formula is C32H25N3O2. The molecule has 2 aromatic heterocycles. The third kappa shape index (κ3) is 3.39. The number of fused-ring (bicyclic) bond motifs is 6. The summed E-state index contributed by atoms with van der Waals surface area (Å²) in [6, 6.07) is 30.8. The second kappa shape index (κ2) is 8.49. The molecule has 4 heterocycles. The maximum Gasteiger partial charge on any atom is 0.257 e. The Balaban J connectivity index is 1.48. The number of anilines is 1. The zero-order chi connectivity index (χ0) is 24.9. The van der Waals surface area contributed by atoms with Gasteiger partial charge in [-0.25, -0.2) is 4.98 Å². The Labute approximate surface area is 215 Å². The van der Waals surface area contributed by atoms with E-state index in [-0.39, 0.29) is 11.6 Å². The molecule has 0 aliphatic carbocycles. The maximum atomic E-state index is 13.4. The van der Waals surface area contributed by atoms with Crippen LogP contribution in [0.1, 0.15) is 34.5 Å². The van der Waals surface area contributed by atoms with Gasteiger partial charge in [0.05, 0.1) is 11.6 Å². The Bertz CT molecular complexity index is 1660. The highest BCUT2D eigenvalue weighted by Gasteiger charge is 2.46. The first kappa shape index (κ1) is 21.6. The highest BCUT2D eigenvalue weighted by Crippen LogP contribution is 2.52. The van der Waals surface area contributed by atoms with E-state index < -0.39 is 6.23 Å². The molecule has 1 N–H and O–H groups in total. The maximum absolute atomic E-state index is 13.4. The minimum atomic E-state index is -0.578. The lowest BCUT2D eigenvalue weighted by Gasteiger charge is -2.48. The molecule has 0 fully saturated rings. The number of nitrogens with zero attached hydrogens (tertiary/aromatic N) is 2. The van der Waals surface area contributed by atoms with Crippen molar-refractivity contribution in [1.29, 1.82) is 0 Å². The van der Waals surface area contributed by atoms with E-state index in [9.17, 15) is 4.79 Å². The summed E-state index contributed by atoms with van der Waals surface area (Å²) in [7, 11) is 0. The standard InChI is InChI=1S/C32H25N3O2/c1-20-25(21-11-5-2-6-12-21)18-34-31-28(20)27-17-24-26(22-13-7-3-8-14-22)19-33-30(36)29(24)32(37-31)35(27)23-15-9-4-10-16-23/h2-16,18-19,27,32H,17H2,1H3,(H,33,36). The van der Waals surface area contributed by atoms with Crippen molar-refractivity contribution in [1.82, 2.24) is 9.97 Å². The van der Waals surface area contributed by atoms with Crippen LogP contribution in [0.25, 0.3) is 22.3 Å².